The van der Waals surface area contributed by atoms with Crippen molar-refractivity contribution in [2.75, 3.05) is 13.7 Å². The second kappa shape index (κ2) is 11.4. The minimum atomic E-state index is -1.28. The van der Waals surface area contributed by atoms with E-state index in [4.69, 9.17) is 14.5 Å². The number of ether oxygens (including phenoxy) is 2. The highest BCUT2D eigenvalue weighted by atomic mass is 16.5. The minimum Gasteiger partial charge on any atom is -0.497 e. The fraction of sp³-hybridized carbons (Fsp3) is 0.481. The summed E-state index contributed by atoms with van der Waals surface area (Å²) in [5.74, 6) is 1.23. The summed E-state index contributed by atoms with van der Waals surface area (Å²) in [6, 6.07) is 8.24. The molecule has 1 aromatic carbocycles. The minimum absolute atomic E-state index is 0.142. The first-order chi connectivity index (χ1) is 18.4. The summed E-state index contributed by atoms with van der Waals surface area (Å²) in [4.78, 5) is 30.1. The van der Waals surface area contributed by atoms with Crippen LogP contribution in [0.5, 0.6) is 11.5 Å². The summed E-state index contributed by atoms with van der Waals surface area (Å²) in [5.41, 5.74) is 0.702. The summed E-state index contributed by atoms with van der Waals surface area (Å²) in [5, 5.41) is 24.6. The molecule has 0 bridgehead atoms. The SMILES string of the molecule is CCC[C@H](NC(=O)[C@@H]1CC(Oc2cc(-n3cccn3)nc3cc(OC)ccc23)CN1)C(O)C(=O)NC1CC1. The number of nitrogens with zero attached hydrogens (tertiary/aromatic N) is 3. The number of aromatic nitrogens is 3. The van der Waals surface area contributed by atoms with Crippen molar-refractivity contribution >= 4 is 22.7 Å². The molecule has 1 aliphatic heterocycles. The van der Waals surface area contributed by atoms with Crippen LogP contribution in [0, 0.1) is 0 Å². The van der Waals surface area contributed by atoms with Crippen LogP contribution < -0.4 is 25.4 Å². The van der Waals surface area contributed by atoms with Crippen LogP contribution in [-0.4, -0.2) is 75.7 Å². The molecule has 2 unspecified atom stereocenters. The molecule has 11 nitrogen and oxygen atoms in total. The van der Waals surface area contributed by atoms with Gasteiger partial charge in [-0.15, -0.1) is 0 Å². The van der Waals surface area contributed by atoms with E-state index in [0.29, 0.717) is 42.2 Å². The van der Waals surface area contributed by atoms with Crippen LogP contribution in [0.2, 0.25) is 0 Å². The largest absolute Gasteiger partial charge is 0.497 e. The van der Waals surface area contributed by atoms with Crippen LogP contribution in [-0.2, 0) is 9.59 Å². The Kier molecular flexibility index (Phi) is 7.75. The van der Waals surface area contributed by atoms with Gasteiger partial charge in [0.1, 0.15) is 17.6 Å². The number of aliphatic hydroxyl groups is 1. The van der Waals surface area contributed by atoms with Crippen LogP contribution in [0.15, 0.2) is 42.7 Å². The average molecular weight is 523 g/mol. The zero-order valence-corrected chi connectivity index (χ0v) is 21.6. The molecule has 1 saturated heterocycles. The maximum Gasteiger partial charge on any atom is 0.251 e. The Bertz CT molecular complexity index is 1280. The Morgan fingerprint density at radius 3 is 2.84 bits per heavy atom. The van der Waals surface area contributed by atoms with E-state index in [-0.39, 0.29) is 18.1 Å². The van der Waals surface area contributed by atoms with Gasteiger partial charge in [0.05, 0.1) is 24.7 Å². The molecule has 0 radical (unpaired) electrons. The highest BCUT2D eigenvalue weighted by Gasteiger charge is 2.35. The smallest absolute Gasteiger partial charge is 0.251 e. The lowest BCUT2D eigenvalue weighted by molar-refractivity contribution is -0.132. The molecule has 2 aromatic heterocycles. The van der Waals surface area contributed by atoms with E-state index in [1.165, 1.54) is 0 Å². The van der Waals surface area contributed by atoms with Gasteiger partial charge in [-0.3, -0.25) is 9.59 Å². The second-order valence-electron chi connectivity index (χ2n) is 9.88. The summed E-state index contributed by atoms with van der Waals surface area (Å²) >= 11 is 0. The quantitative estimate of drug-likeness (QED) is 0.297. The third kappa shape index (κ3) is 5.89. The number of carbonyl (C=O) groups is 2. The van der Waals surface area contributed by atoms with Crippen molar-refractivity contribution in [3.05, 3.63) is 42.7 Å². The van der Waals surface area contributed by atoms with Gasteiger partial charge in [-0.05, 0) is 37.5 Å². The number of aliphatic hydroxyl groups excluding tert-OH is 1. The van der Waals surface area contributed by atoms with E-state index >= 15 is 0 Å². The Balaban J connectivity index is 1.27. The maximum absolute atomic E-state index is 13.1. The third-order valence-corrected chi connectivity index (χ3v) is 6.91. The molecule has 1 aliphatic carbocycles. The fourth-order valence-electron chi connectivity index (χ4n) is 4.68. The zero-order chi connectivity index (χ0) is 26.6. The highest BCUT2D eigenvalue weighted by molar-refractivity contribution is 5.88. The third-order valence-electron chi connectivity index (χ3n) is 6.91. The van der Waals surface area contributed by atoms with Crippen molar-refractivity contribution < 1.29 is 24.2 Å². The van der Waals surface area contributed by atoms with Crippen molar-refractivity contribution in [2.45, 2.75) is 69.4 Å². The fourth-order valence-corrected chi connectivity index (χ4v) is 4.68. The lowest BCUT2D eigenvalue weighted by Gasteiger charge is -2.24. The lowest BCUT2D eigenvalue weighted by Crippen LogP contribution is -2.54. The predicted octanol–water partition coefficient (Wildman–Crippen LogP) is 1.46. The van der Waals surface area contributed by atoms with Crippen molar-refractivity contribution in [1.29, 1.82) is 0 Å². The van der Waals surface area contributed by atoms with Gasteiger partial charge in [-0.2, -0.15) is 5.10 Å². The van der Waals surface area contributed by atoms with Crippen LogP contribution in [0.25, 0.3) is 16.7 Å². The van der Waals surface area contributed by atoms with Gasteiger partial charge in [-0.1, -0.05) is 13.3 Å². The maximum atomic E-state index is 13.1. The molecule has 3 heterocycles. The molecule has 11 heteroatoms. The normalized spacial score (nSPS) is 20.6. The number of hydrogen-bond donors (Lipinski definition) is 4. The van der Waals surface area contributed by atoms with Gasteiger partial charge in [0.2, 0.25) is 5.91 Å². The van der Waals surface area contributed by atoms with Crippen LogP contribution >= 0.6 is 0 Å². The molecular weight excluding hydrogens is 488 g/mol. The first kappa shape index (κ1) is 25.9. The van der Waals surface area contributed by atoms with Gasteiger partial charge in [0, 0.05) is 48.9 Å². The Morgan fingerprint density at radius 2 is 2.13 bits per heavy atom. The van der Waals surface area contributed by atoms with Crippen LogP contribution in [0.1, 0.15) is 39.0 Å². The van der Waals surface area contributed by atoms with Crippen LogP contribution in [0.3, 0.4) is 0 Å². The molecule has 38 heavy (non-hydrogen) atoms. The van der Waals surface area contributed by atoms with Crippen molar-refractivity contribution in [3.63, 3.8) is 0 Å². The predicted molar refractivity (Wildman–Crippen MR) is 140 cm³/mol. The summed E-state index contributed by atoms with van der Waals surface area (Å²) in [7, 11) is 1.61. The molecular formula is C27H34N6O5. The van der Waals surface area contributed by atoms with Crippen LogP contribution in [0.4, 0.5) is 0 Å². The molecule has 2 amide bonds. The summed E-state index contributed by atoms with van der Waals surface area (Å²) in [6.45, 7) is 2.42. The van der Waals surface area contributed by atoms with Crippen molar-refractivity contribution in [1.82, 2.24) is 30.7 Å². The lowest BCUT2D eigenvalue weighted by atomic mass is 10.0. The first-order valence-corrected chi connectivity index (χ1v) is 13.1. The summed E-state index contributed by atoms with van der Waals surface area (Å²) < 4.78 is 13.4. The number of amides is 2. The molecule has 2 aliphatic rings. The van der Waals surface area contributed by atoms with Crippen molar-refractivity contribution in [3.8, 4) is 17.3 Å². The number of fused-ring (bicyclic) bond motifs is 1. The Hall–Kier alpha value is -3.70. The monoisotopic (exact) mass is 522 g/mol. The Morgan fingerprint density at radius 1 is 1.29 bits per heavy atom. The number of pyridine rings is 1. The highest BCUT2D eigenvalue weighted by Crippen LogP contribution is 2.31. The number of benzene rings is 1. The topological polar surface area (TPSA) is 140 Å². The van der Waals surface area contributed by atoms with E-state index in [9.17, 15) is 14.7 Å². The van der Waals surface area contributed by atoms with E-state index in [2.05, 4.69) is 21.0 Å². The van der Waals surface area contributed by atoms with E-state index in [1.54, 1.807) is 18.0 Å². The van der Waals surface area contributed by atoms with Gasteiger partial charge >= 0.3 is 0 Å². The standard InChI is InChI=1S/C27H34N6O5/c1-3-5-20(25(34)27(36)30-16-6-7-16)32-26(35)22-13-18(15-28-22)38-23-14-24(33-11-4-10-29-33)31-21-12-17(37-2)8-9-19(21)23/h4,8-12,14,16,18,20,22,25,28,34H,3,5-7,13,15H2,1-2H3,(H,30,36)(H,32,35)/t18?,20-,22-,25?/m0/s1. The van der Waals surface area contributed by atoms with Gasteiger partial charge in [0.15, 0.2) is 11.9 Å². The van der Waals surface area contributed by atoms with Gasteiger partial charge in [-0.25, -0.2) is 9.67 Å². The Labute approximate surface area is 220 Å². The molecule has 4 N–H and O–H groups in total. The number of nitrogens with one attached hydrogen (secondary N) is 3. The van der Waals surface area contributed by atoms with Gasteiger partial charge < -0.3 is 30.5 Å². The molecule has 5 rings (SSSR count). The zero-order valence-electron chi connectivity index (χ0n) is 21.6. The van der Waals surface area contributed by atoms with E-state index in [0.717, 1.165) is 24.6 Å². The van der Waals surface area contributed by atoms with Gasteiger partial charge in [0.25, 0.3) is 5.91 Å². The van der Waals surface area contributed by atoms with E-state index in [1.807, 2.05) is 43.5 Å². The molecule has 202 valence electrons. The number of hydrogen-bond acceptors (Lipinski definition) is 8. The molecule has 0 spiro atoms. The van der Waals surface area contributed by atoms with E-state index < -0.39 is 24.1 Å². The molecule has 4 atom stereocenters. The number of rotatable bonds is 11. The van der Waals surface area contributed by atoms with Crippen molar-refractivity contribution in [2.24, 2.45) is 0 Å². The first-order valence-electron chi connectivity index (χ1n) is 13.1. The molecule has 2 fully saturated rings. The number of methoxy groups -OCH3 is 1. The second-order valence-corrected chi connectivity index (χ2v) is 9.88. The molecule has 3 aromatic rings. The molecule has 1 saturated carbocycles. The summed E-state index contributed by atoms with van der Waals surface area (Å²) in [6.07, 6.45) is 5.46. The number of carbonyl (C=O) groups excluding carboxylic acids is 2. The average Bonchev–Trinajstić information content (AvgIpc) is 3.36.